The number of amides is 9. The maximum absolute atomic E-state index is 14.3. The molecule has 1 aliphatic heterocycles. The quantitative estimate of drug-likeness (QED) is 0.0139. The summed E-state index contributed by atoms with van der Waals surface area (Å²) < 4.78 is 5.82. The molecule has 7 atom stereocenters. The van der Waals surface area contributed by atoms with Crippen molar-refractivity contribution in [3.05, 3.63) is 131 Å². The number of primary amides is 1. The maximum atomic E-state index is 14.3. The number of urea groups is 1. The van der Waals surface area contributed by atoms with Crippen molar-refractivity contribution in [1.29, 1.82) is 0 Å². The molecule has 0 bridgehead atoms. The minimum atomic E-state index is -1.15. The number of azo groups is 1. The highest BCUT2D eigenvalue weighted by atomic mass is 16.5. The molecule has 5 rings (SSSR count). The van der Waals surface area contributed by atoms with Crippen LogP contribution in [0.5, 0.6) is 5.75 Å². The minimum absolute atomic E-state index is 0.0620. The van der Waals surface area contributed by atoms with Crippen LogP contribution in [-0.4, -0.2) is 127 Å². The first kappa shape index (κ1) is 75.7. The van der Waals surface area contributed by atoms with E-state index in [1.807, 2.05) is 103 Å². The van der Waals surface area contributed by atoms with Crippen LogP contribution < -0.4 is 58.3 Å². The number of para-hydroxylation sites is 1. The number of nitrogens with two attached hydrogens (primary N) is 2. The van der Waals surface area contributed by atoms with Crippen LogP contribution in [-0.2, 0) is 50.3 Å². The summed E-state index contributed by atoms with van der Waals surface area (Å²) in [4.78, 5) is 124. The summed E-state index contributed by atoms with van der Waals surface area (Å²) in [6.07, 6.45) is 1.39. The molecule has 0 spiro atoms. The van der Waals surface area contributed by atoms with Crippen molar-refractivity contribution in [2.75, 3.05) is 49.3 Å². The number of carbonyl (C=O) groups is 9. The number of carboxylic acid groups (broad SMARTS) is 1. The third kappa shape index (κ3) is 21.5. The molecule has 4 aromatic carbocycles. The Bertz CT molecular complexity index is 3390. The Morgan fingerprint density at radius 2 is 1.39 bits per heavy atom. The van der Waals surface area contributed by atoms with Crippen molar-refractivity contribution in [3.63, 3.8) is 0 Å². The minimum Gasteiger partial charge on any atom is -0.484 e. The Hall–Kier alpha value is -9.03. The highest BCUT2D eigenvalue weighted by Gasteiger charge is 2.42. The van der Waals surface area contributed by atoms with E-state index in [4.69, 9.17) is 21.3 Å². The van der Waals surface area contributed by atoms with Crippen LogP contribution in [0, 0.1) is 22.7 Å². The van der Waals surface area contributed by atoms with Gasteiger partial charge >= 0.3 is 12.0 Å². The van der Waals surface area contributed by atoms with E-state index in [0.717, 1.165) is 11.1 Å². The average Bonchev–Trinajstić information content (AvgIpc) is 0.773. The van der Waals surface area contributed by atoms with Crippen LogP contribution in [0.4, 0.5) is 21.9 Å². The normalized spacial score (nSPS) is 16.0. The third-order valence-corrected chi connectivity index (χ3v) is 16.4. The molecule has 510 valence electrons. The highest BCUT2D eigenvalue weighted by molar-refractivity contribution is 6.00. The fourth-order valence-corrected chi connectivity index (χ4v) is 11.0. The lowest BCUT2D eigenvalue weighted by atomic mass is 9.76. The molecule has 0 saturated carbocycles. The van der Waals surface area contributed by atoms with Crippen LogP contribution in [0.1, 0.15) is 150 Å². The molecule has 2 unspecified atom stereocenters. The highest BCUT2D eigenvalue weighted by Crippen LogP contribution is 2.41. The van der Waals surface area contributed by atoms with Crippen LogP contribution in [0.15, 0.2) is 119 Å². The van der Waals surface area contributed by atoms with Crippen molar-refractivity contribution >= 4 is 70.4 Å². The zero-order valence-corrected chi connectivity index (χ0v) is 57.1. The largest absolute Gasteiger partial charge is 0.484 e. The lowest BCUT2D eigenvalue weighted by molar-refractivity contribution is -0.141. The number of carbonyl (C=O) groups excluding carboxylic acids is 8. The standard InChI is InChI=1S/C70H99N13O11/c1-41(2)53(36-43(5)66(91)92)82(15)65(90)61(69(9,10)11)80-64(89)60(73-14)70(12,13)45-23-20-24-47(37-45)76-55(85)39-94-48-31-29-46(30-32-48)77-62(87)51(27-21-35-74-67(72)93)78-63(88)58(42(3)4)79-54(84)33-34-56(86)83-38-44-22-16-17-25-49(44)57(71)59(81-75-40-68(6,7)8)50-26-18-19-28-52(50)83/h16-20,22-26,28-32,36-37,41-42,51,53,57-61,73H,21,27,33-35,38-40,71H2,1-15H3,(H,76,85)(H,77,87)(H,78,88)(H,79,84)(H,80,89)(H,91,92)(H3,72,74,93)/b43-36+,81-75-/t51-,53-,57?,58-,59?,60+,61+/m0/s1. The number of hydrogen-bond donors (Lipinski definition) is 10. The number of anilines is 3. The number of hydrogen-bond acceptors (Lipinski definition) is 14. The summed E-state index contributed by atoms with van der Waals surface area (Å²) in [6.45, 7) is 24.5. The lowest BCUT2D eigenvalue weighted by Gasteiger charge is -2.40. The SMILES string of the molecule is CN[C@H](C(=O)N[C@H](C(=O)N(C)[C@@H](/C=C(\C)C(=O)O)C(C)C)C(C)(C)C)C(C)(C)c1cccc(NC(=O)COc2ccc(NC(=O)[C@H](CCCNC(N)=O)NC(=O)[C@@H](NC(=O)CCC(=O)N3Cc4ccccc4C(N)C(/N=N\CC(C)(C)C)c4ccccc43)C(C)C)cc2)c1. The summed E-state index contributed by atoms with van der Waals surface area (Å²) in [5.74, 6) is -4.86. The van der Waals surface area contributed by atoms with Crippen LogP contribution in [0.25, 0.3) is 0 Å². The zero-order valence-electron chi connectivity index (χ0n) is 57.1. The smallest absolute Gasteiger partial charge is 0.331 e. The number of likely N-dealkylation sites (N-methyl/N-ethyl adjacent to an activating group) is 2. The molecule has 0 aromatic heterocycles. The number of rotatable bonds is 29. The van der Waals surface area contributed by atoms with Gasteiger partial charge in [-0.1, -0.05) is 144 Å². The Labute approximate surface area is 553 Å². The van der Waals surface area contributed by atoms with Crippen molar-refractivity contribution in [2.45, 2.75) is 170 Å². The molecular weight excluding hydrogens is 1200 g/mol. The molecule has 1 aliphatic rings. The van der Waals surface area contributed by atoms with E-state index in [9.17, 15) is 48.3 Å². The molecule has 0 saturated heterocycles. The summed E-state index contributed by atoms with van der Waals surface area (Å²) in [7, 11) is 3.25. The van der Waals surface area contributed by atoms with Crippen LogP contribution in [0.3, 0.4) is 0 Å². The van der Waals surface area contributed by atoms with E-state index in [1.165, 1.54) is 11.8 Å². The van der Waals surface area contributed by atoms with Crippen molar-refractivity contribution < 1.29 is 53.0 Å². The summed E-state index contributed by atoms with van der Waals surface area (Å²) in [5.41, 5.74) is 15.0. The number of carboxylic acids is 1. The van der Waals surface area contributed by atoms with Gasteiger partial charge in [0.25, 0.3) is 5.91 Å². The van der Waals surface area contributed by atoms with Gasteiger partial charge in [-0.05, 0) is 109 Å². The van der Waals surface area contributed by atoms with Gasteiger partial charge in [0, 0.05) is 60.0 Å². The average molecular weight is 1300 g/mol. The monoisotopic (exact) mass is 1300 g/mol. The fraction of sp³-hybridized carbons (Fsp3) is 0.500. The van der Waals surface area contributed by atoms with E-state index >= 15 is 0 Å². The second-order valence-electron chi connectivity index (χ2n) is 27.5. The van der Waals surface area contributed by atoms with E-state index in [1.54, 1.807) is 81.4 Å². The van der Waals surface area contributed by atoms with Gasteiger partial charge < -0.3 is 68.3 Å². The van der Waals surface area contributed by atoms with Crippen molar-refractivity contribution in [3.8, 4) is 5.75 Å². The molecule has 24 heteroatoms. The molecule has 1 heterocycles. The number of ether oxygens (including phenoxy) is 1. The number of nitrogens with zero attached hydrogens (tertiary/aromatic N) is 4. The van der Waals surface area contributed by atoms with Gasteiger partial charge in [0.2, 0.25) is 35.4 Å². The van der Waals surface area contributed by atoms with Gasteiger partial charge in [-0.25, -0.2) is 9.59 Å². The number of fused-ring (bicyclic) bond motifs is 2. The summed E-state index contributed by atoms with van der Waals surface area (Å²) in [5, 5.41) is 38.7. The van der Waals surface area contributed by atoms with Crippen LogP contribution >= 0.6 is 0 Å². The summed E-state index contributed by atoms with van der Waals surface area (Å²) in [6, 6.07) is 21.6. The number of benzene rings is 4. The molecule has 9 amide bonds. The third-order valence-electron chi connectivity index (χ3n) is 16.4. The second-order valence-corrected chi connectivity index (χ2v) is 27.5. The van der Waals surface area contributed by atoms with E-state index < -0.39 is 107 Å². The molecule has 4 aromatic rings. The second kappa shape index (κ2) is 33.7. The molecule has 94 heavy (non-hydrogen) atoms. The predicted molar refractivity (Wildman–Crippen MR) is 363 cm³/mol. The Kier molecular flexibility index (Phi) is 27.1. The van der Waals surface area contributed by atoms with Gasteiger partial charge in [-0.3, -0.25) is 33.6 Å². The molecule has 0 aliphatic carbocycles. The summed E-state index contributed by atoms with van der Waals surface area (Å²) >= 11 is 0. The predicted octanol–water partition coefficient (Wildman–Crippen LogP) is 8.19. The van der Waals surface area contributed by atoms with Gasteiger partial charge in [-0.15, -0.1) is 0 Å². The van der Waals surface area contributed by atoms with Gasteiger partial charge in [0.15, 0.2) is 6.61 Å². The number of nitrogens with one attached hydrogen (secondary N) is 7. The topological polar surface area (TPSA) is 351 Å². The van der Waals surface area contributed by atoms with E-state index in [-0.39, 0.29) is 67.5 Å². The number of aliphatic carboxylic acids is 1. The van der Waals surface area contributed by atoms with Gasteiger partial charge in [0.1, 0.15) is 29.9 Å². The van der Waals surface area contributed by atoms with Gasteiger partial charge in [0.05, 0.1) is 31.2 Å². The molecule has 12 N–H and O–H groups in total. The molecule has 24 nitrogen and oxygen atoms in total. The van der Waals surface area contributed by atoms with E-state index in [2.05, 4.69) is 63.1 Å². The Balaban J connectivity index is 1.21. The molecular formula is C70H99N13O11. The first-order chi connectivity index (χ1) is 44.0. The first-order valence-corrected chi connectivity index (χ1v) is 31.9. The van der Waals surface area contributed by atoms with Crippen molar-refractivity contribution in [1.82, 2.24) is 31.5 Å². The Morgan fingerprint density at radius 3 is 2.00 bits per heavy atom. The maximum Gasteiger partial charge on any atom is 0.331 e. The van der Waals surface area contributed by atoms with Gasteiger partial charge in [-0.2, -0.15) is 10.2 Å². The fourth-order valence-electron chi connectivity index (χ4n) is 11.0. The van der Waals surface area contributed by atoms with E-state index in [0.29, 0.717) is 40.5 Å². The first-order valence-electron chi connectivity index (χ1n) is 31.9. The lowest BCUT2D eigenvalue weighted by Crippen LogP contribution is -2.61. The molecule has 0 fully saturated rings. The Morgan fingerprint density at radius 1 is 0.745 bits per heavy atom. The van der Waals surface area contributed by atoms with Crippen LogP contribution in [0.2, 0.25) is 0 Å². The molecule has 0 radical (unpaired) electrons. The zero-order chi connectivity index (χ0) is 70.0. The van der Waals surface area contributed by atoms with Crippen molar-refractivity contribution in [2.24, 2.45) is 44.4 Å².